The molecule has 0 aliphatic rings. The quantitative estimate of drug-likeness (QED) is 0.810. The first-order chi connectivity index (χ1) is 9.69. The van der Waals surface area contributed by atoms with Gasteiger partial charge in [0.05, 0.1) is 6.10 Å². The van der Waals surface area contributed by atoms with Gasteiger partial charge < -0.3 is 20.1 Å². The number of para-hydroxylation sites is 1. The van der Waals surface area contributed by atoms with E-state index in [1.807, 2.05) is 19.0 Å². The minimum absolute atomic E-state index is 0.230. The molecule has 0 saturated heterocycles. The van der Waals surface area contributed by atoms with Gasteiger partial charge in [0.1, 0.15) is 5.75 Å². The molecule has 0 spiro atoms. The Morgan fingerprint density at radius 3 is 2.48 bits per heavy atom. The number of benzene rings is 1. The Morgan fingerprint density at radius 2 is 1.90 bits per heavy atom. The number of hydrogen-bond donors (Lipinski definition) is 2. The van der Waals surface area contributed by atoms with Crippen LogP contribution in [0.2, 0.25) is 0 Å². The summed E-state index contributed by atoms with van der Waals surface area (Å²) >= 11 is 0. The van der Waals surface area contributed by atoms with Crippen LogP contribution >= 0.6 is 0 Å². The Hall–Kier alpha value is -1.31. The number of halogens is 3. The van der Waals surface area contributed by atoms with Gasteiger partial charge in [0.15, 0.2) is 0 Å². The lowest BCUT2D eigenvalue weighted by Crippen LogP contribution is -2.36. The summed E-state index contributed by atoms with van der Waals surface area (Å²) in [6.07, 6.45) is -5.32. The number of nitrogens with zero attached hydrogens (tertiary/aromatic N) is 1. The third-order valence-electron chi connectivity index (χ3n) is 2.85. The predicted octanol–water partition coefficient (Wildman–Crippen LogP) is 2.16. The minimum Gasteiger partial charge on any atom is -0.405 e. The molecule has 2 N–H and O–H groups in total. The number of ether oxygens (including phenoxy) is 1. The normalized spacial score (nSPS) is 15.0. The zero-order valence-corrected chi connectivity index (χ0v) is 12.3. The summed E-state index contributed by atoms with van der Waals surface area (Å²) in [5, 5.41) is 12.8. The van der Waals surface area contributed by atoms with E-state index in [9.17, 15) is 18.3 Å². The van der Waals surface area contributed by atoms with Gasteiger partial charge >= 0.3 is 6.36 Å². The monoisotopic (exact) mass is 306 g/mol. The fourth-order valence-electron chi connectivity index (χ4n) is 1.96. The number of aliphatic hydroxyl groups excluding tert-OH is 1. The third kappa shape index (κ3) is 6.79. The fraction of sp³-hybridized carbons (Fsp3) is 0.571. The molecule has 21 heavy (non-hydrogen) atoms. The smallest absolute Gasteiger partial charge is 0.405 e. The van der Waals surface area contributed by atoms with E-state index < -0.39 is 12.5 Å². The number of rotatable bonds is 7. The fourth-order valence-corrected chi connectivity index (χ4v) is 1.96. The molecule has 1 rings (SSSR count). The van der Waals surface area contributed by atoms with Crippen molar-refractivity contribution in [1.82, 2.24) is 10.2 Å². The lowest BCUT2D eigenvalue weighted by atomic mass is 10.1. The molecular weight excluding hydrogens is 285 g/mol. The van der Waals surface area contributed by atoms with Crippen molar-refractivity contribution in [3.8, 4) is 5.75 Å². The van der Waals surface area contributed by atoms with Crippen LogP contribution in [0, 0.1) is 0 Å². The summed E-state index contributed by atoms with van der Waals surface area (Å²) in [5.74, 6) is -0.230. The van der Waals surface area contributed by atoms with E-state index in [0.717, 1.165) is 0 Å². The van der Waals surface area contributed by atoms with Gasteiger partial charge in [-0.25, -0.2) is 0 Å². The van der Waals surface area contributed by atoms with Crippen LogP contribution in [0.3, 0.4) is 0 Å². The van der Waals surface area contributed by atoms with Crippen LogP contribution in [-0.2, 0) is 0 Å². The molecule has 0 aliphatic carbocycles. The van der Waals surface area contributed by atoms with E-state index in [1.165, 1.54) is 12.1 Å². The highest BCUT2D eigenvalue weighted by atomic mass is 19.4. The number of hydrogen-bond acceptors (Lipinski definition) is 4. The molecule has 7 heteroatoms. The maximum absolute atomic E-state index is 12.4. The molecule has 0 fully saturated rings. The van der Waals surface area contributed by atoms with Gasteiger partial charge in [-0.1, -0.05) is 18.2 Å². The van der Waals surface area contributed by atoms with Crippen molar-refractivity contribution in [3.05, 3.63) is 29.8 Å². The van der Waals surface area contributed by atoms with Crippen molar-refractivity contribution < 1.29 is 23.0 Å². The lowest BCUT2D eigenvalue weighted by Gasteiger charge is -2.22. The summed E-state index contributed by atoms with van der Waals surface area (Å²) in [4.78, 5) is 1.83. The maximum atomic E-state index is 12.4. The zero-order valence-electron chi connectivity index (χ0n) is 12.3. The second kappa shape index (κ2) is 7.63. The van der Waals surface area contributed by atoms with Crippen LogP contribution in [0.25, 0.3) is 0 Å². The Kier molecular flexibility index (Phi) is 6.44. The second-order valence-corrected chi connectivity index (χ2v) is 5.13. The number of aliphatic hydroxyl groups is 1. The molecule has 0 saturated carbocycles. The zero-order chi connectivity index (χ0) is 16.0. The summed E-state index contributed by atoms with van der Waals surface area (Å²) in [6.45, 7) is 2.47. The van der Waals surface area contributed by atoms with E-state index in [1.54, 1.807) is 19.1 Å². The van der Waals surface area contributed by atoms with Gasteiger partial charge in [-0.15, -0.1) is 13.2 Å². The molecule has 0 aromatic heterocycles. The van der Waals surface area contributed by atoms with Crippen molar-refractivity contribution in [2.24, 2.45) is 0 Å². The first-order valence-electron chi connectivity index (χ1n) is 6.60. The van der Waals surface area contributed by atoms with Gasteiger partial charge in [-0.2, -0.15) is 0 Å². The summed E-state index contributed by atoms with van der Waals surface area (Å²) in [6, 6.07) is 5.60. The highest BCUT2D eigenvalue weighted by molar-refractivity contribution is 5.35. The van der Waals surface area contributed by atoms with Crippen LogP contribution in [0.1, 0.15) is 18.5 Å². The molecule has 0 aliphatic heterocycles. The molecule has 2 atom stereocenters. The topological polar surface area (TPSA) is 44.7 Å². The van der Waals surface area contributed by atoms with Crippen molar-refractivity contribution in [1.29, 1.82) is 0 Å². The van der Waals surface area contributed by atoms with Crippen molar-refractivity contribution in [2.75, 3.05) is 27.2 Å². The number of nitrogens with one attached hydrogen (secondary N) is 1. The number of alkyl halides is 3. The van der Waals surface area contributed by atoms with Crippen molar-refractivity contribution in [3.63, 3.8) is 0 Å². The number of likely N-dealkylation sites (N-methyl/N-ethyl adjacent to an activating group) is 1. The average molecular weight is 306 g/mol. The van der Waals surface area contributed by atoms with Crippen LogP contribution < -0.4 is 10.1 Å². The van der Waals surface area contributed by atoms with E-state index in [-0.39, 0.29) is 18.3 Å². The maximum Gasteiger partial charge on any atom is 0.573 e. The molecule has 0 amide bonds. The van der Waals surface area contributed by atoms with Gasteiger partial charge in [-0.3, -0.25) is 0 Å². The lowest BCUT2D eigenvalue weighted by molar-refractivity contribution is -0.275. The highest BCUT2D eigenvalue weighted by Crippen LogP contribution is 2.29. The van der Waals surface area contributed by atoms with E-state index in [2.05, 4.69) is 10.1 Å². The first-order valence-corrected chi connectivity index (χ1v) is 6.60. The van der Waals surface area contributed by atoms with Crippen LogP contribution in [0.5, 0.6) is 5.75 Å². The van der Waals surface area contributed by atoms with Gasteiger partial charge in [0, 0.05) is 24.7 Å². The van der Waals surface area contributed by atoms with Crippen LogP contribution in [-0.4, -0.2) is 49.7 Å². The largest absolute Gasteiger partial charge is 0.573 e. The van der Waals surface area contributed by atoms with Crippen molar-refractivity contribution in [2.45, 2.75) is 25.4 Å². The van der Waals surface area contributed by atoms with Crippen LogP contribution in [0.4, 0.5) is 13.2 Å². The standard InChI is InChI=1S/C14H21F3N2O2/c1-10(18-8-11(20)9-19(2)3)12-6-4-5-7-13(12)21-14(15,16)17/h4-7,10-11,18,20H,8-9H2,1-3H3. The molecule has 0 radical (unpaired) electrons. The third-order valence-corrected chi connectivity index (χ3v) is 2.85. The summed E-state index contributed by atoms with van der Waals surface area (Å²) in [7, 11) is 3.66. The molecule has 0 bridgehead atoms. The van der Waals surface area contributed by atoms with E-state index in [0.29, 0.717) is 12.1 Å². The molecular formula is C14H21F3N2O2. The van der Waals surface area contributed by atoms with Gasteiger partial charge in [0.25, 0.3) is 0 Å². The Labute approximate surface area is 122 Å². The Balaban J connectivity index is 2.67. The molecule has 4 nitrogen and oxygen atoms in total. The Morgan fingerprint density at radius 1 is 1.29 bits per heavy atom. The predicted molar refractivity (Wildman–Crippen MR) is 74.1 cm³/mol. The van der Waals surface area contributed by atoms with E-state index in [4.69, 9.17) is 0 Å². The second-order valence-electron chi connectivity index (χ2n) is 5.13. The molecule has 1 aromatic carbocycles. The average Bonchev–Trinajstić information content (AvgIpc) is 2.34. The summed E-state index contributed by atoms with van der Waals surface area (Å²) in [5.41, 5.74) is 0.395. The Bertz CT molecular complexity index is 438. The molecule has 1 aromatic rings. The summed E-state index contributed by atoms with van der Waals surface area (Å²) < 4.78 is 41.1. The van der Waals surface area contributed by atoms with Gasteiger partial charge in [0.2, 0.25) is 0 Å². The molecule has 120 valence electrons. The SMILES string of the molecule is CC(NCC(O)CN(C)C)c1ccccc1OC(F)(F)F. The van der Waals surface area contributed by atoms with E-state index >= 15 is 0 Å². The highest BCUT2D eigenvalue weighted by Gasteiger charge is 2.32. The molecule has 2 unspecified atom stereocenters. The minimum atomic E-state index is -4.72. The van der Waals surface area contributed by atoms with Gasteiger partial charge in [-0.05, 0) is 27.1 Å². The van der Waals surface area contributed by atoms with Crippen LogP contribution in [0.15, 0.2) is 24.3 Å². The first kappa shape index (κ1) is 17.7. The van der Waals surface area contributed by atoms with Crippen molar-refractivity contribution >= 4 is 0 Å². The molecule has 0 heterocycles.